The number of aryl methyl sites for hydroxylation is 1. The summed E-state index contributed by atoms with van der Waals surface area (Å²) in [4.78, 5) is 26.2. The third-order valence-corrected chi connectivity index (χ3v) is 9.05. The molecule has 1 saturated heterocycles. The lowest BCUT2D eigenvalue weighted by atomic mass is 10.2. The molecule has 2 amide bonds. The number of hydrogen-bond donors (Lipinski definition) is 2. The molecule has 1 atom stereocenters. The zero-order valence-electron chi connectivity index (χ0n) is 18.0. The molecular formula is C23H27N3O4S2. The van der Waals surface area contributed by atoms with Gasteiger partial charge >= 0.3 is 0 Å². The fourth-order valence-electron chi connectivity index (χ4n) is 3.98. The summed E-state index contributed by atoms with van der Waals surface area (Å²) in [5.41, 5.74) is 1.81. The normalized spacial score (nSPS) is 19.5. The molecule has 32 heavy (non-hydrogen) atoms. The Hall–Kier alpha value is -2.36. The van der Waals surface area contributed by atoms with Crippen LogP contribution in [-0.2, 0) is 19.6 Å². The summed E-state index contributed by atoms with van der Waals surface area (Å²) in [5.74, 6) is -0.545. The molecule has 170 valence electrons. The van der Waals surface area contributed by atoms with Gasteiger partial charge in [-0.25, -0.2) is 8.42 Å². The molecule has 0 aliphatic carbocycles. The first-order chi connectivity index (χ1) is 15.3. The lowest BCUT2D eigenvalue weighted by molar-refractivity contribution is -0.120. The molecule has 2 aromatic carbocycles. The molecule has 2 aliphatic heterocycles. The van der Waals surface area contributed by atoms with Crippen molar-refractivity contribution in [2.75, 3.05) is 23.7 Å². The van der Waals surface area contributed by atoms with Gasteiger partial charge in [0.2, 0.25) is 21.8 Å². The van der Waals surface area contributed by atoms with Gasteiger partial charge in [0.25, 0.3) is 0 Å². The van der Waals surface area contributed by atoms with Crippen LogP contribution in [0.25, 0.3) is 0 Å². The van der Waals surface area contributed by atoms with Crippen LogP contribution < -0.4 is 10.6 Å². The van der Waals surface area contributed by atoms with E-state index < -0.39 is 15.3 Å². The van der Waals surface area contributed by atoms with Gasteiger partial charge in [-0.05, 0) is 49.6 Å². The molecule has 0 radical (unpaired) electrons. The van der Waals surface area contributed by atoms with E-state index in [4.69, 9.17) is 0 Å². The van der Waals surface area contributed by atoms with Crippen molar-refractivity contribution < 1.29 is 18.0 Å². The van der Waals surface area contributed by atoms with E-state index in [9.17, 15) is 18.0 Å². The van der Waals surface area contributed by atoms with Crippen molar-refractivity contribution in [2.24, 2.45) is 0 Å². The first-order valence-corrected chi connectivity index (χ1v) is 13.1. The Bertz CT molecular complexity index is 1130. The number of para-hydroxylation sites is 1. The van der Waals surface area contributed by atoms with E-state index in [1.807, 2.05) is 24.3 Å². The van der Waals surface area contributed by atoms with Crippen molar-refractivity contribution in [1.29, 1.82) is 0 Å². The molecule has 1 unspecified atom stereocenters. The SMILES string of the molecule is Cc1ccc(NC(=O)CC2Sc3ccccc3NC2=O)cc1S(=O)(=O)N1CCCCCC1. The van der Waals surface area contributed by atoms with E-state index in [1.54, 1.807) is 23.4 Å². The predicted molar refractivity (Wildman–Crippen MR) is 126 cm³/mol. The van der Waals surface area contributed by atoms with E-state index >= 15 is 0 Å². The van der Waals surface area contributed by atoms with Gasteiger partial charge in [-0.1, -0.05) is 31.0 Å². The molecule has 2 heterocycles. The largest absolute Gasteiger partial charge is 0.326 e. The van der Waals surface area contributed by atoms with Crippen LogP contribution in [0.15, 0.2) is 52.3 Å². The van der Waals surface area contributed by atoms with E-state index in [2.05, 4.69) is 10.6 Å². The Morgan fingerprint density at radius 1 is 1.12 bits per heavy atom. The number of benzene rings is 2. The summed E-state index contributed by atoms with van der Waals surface area (Å²) in [6.07, 6.45) is 3.79. The number of rotatable bonds is 5. The maximum atomic E-state index is 13.2. The number of carbonyl (C=O) groups excluding carboxylic acids is 2. The van der Waals surface area contributed by atoms with Gasteiger partial charge in [0.05, 0.1) is 15.8 Å². The Kier molecular flexibility index (Phi) is 6.88. The van der Waals surface area contributed by atoms with Crippen LogP contribution in [0.5, 0.6) is 0 Å². The molecule has 0 bridgehead atoms. The molecule has 9 heteroatoms. The highest BCUT2D eigenvalue weighted by molar-refractivity contribution is 8.01. The highest BCUT2D eigenvalue weighted by Gasteiger charge is 2.30. The Labute approximate surface area is 193 Å². The third kappa shape index (κ3) is 5.00. The van der Waals surface area contributed by atoms with Crippen LogP contribution in [0.2, 0.25) is 0 Å². The van der Waals surface area contributed by atoms with Crippen molar-refractivity contribution in [3.8, 4) is 0 Å². The number of sulfonamides is 1. The maximum absolute atomic E-state index is 13.2. The Morgan fingerprint density at radius 2 is 1.84 bits per heavy atom. The summed E-state index contributed by atoms with van der Waals surface area (Å²) in [6, 6.07) is 12.4. The smallest absolute Gasteiger partial charge is 0.243 e. The number of nitrogens with one attached hydrogen (secondary N) is 2. The van der Waals surface area contributed by atoms with Gasteiger partial charge in [0, 0.05) is 30.1 Å². The van der Waals surface area contributed by atoms with Crippen molar-refractivity contribution in [2.45, 2.75) is 54.1 Å². The van der Waals surface area contributed by atoms with E-state index in [-0.39, 0.29) is 23.1 Å². The second-order valence-electron chi connectivity index (χ2n) is 8.14. The summed E-state index contributed by atoms with van der Waals surface area (Å²) >= 11 is 1.36. The van der Waals surface area contributed by atoms with Crippen LogP contribution in [0.4, 0.5) is 11.4 Å². The Morgan fingerprint density at radius 3 is 2.59 bits per heavy atom. The number of thioether (sulfide) groups is 1. The average Bonchev–Trinajstić information content (AvgIpc) is 3.06. The summed E-state index contributed by atoms with van der Waals surface area (Å²) in [7, 11) is -3.63. The first kappa shape index (κ1) is 22.8. The molecule has 2 aromatic rings. The monoisotopic (exact) mass is 473 g/mol. The maximum Gasteiger partial charge on any atom is 0.243 e. The van der Waals surface area contributed by atoms with Gasteiger partial charge in [-0.3, -0.25) is 9.59 Å². The van der Waals surface area contributed by atoms with Crippen molar-refractivity contribution in [3.05, 3.63) is 48.0 Å². The lowest BCUT2D eigenvalue weighted by Gasteiger charge is -2.24. The van der Waals surface area contributed by atoms with E-state index in [0.29, 0.717) is 24.3 Å². The highest BCUT2D eigenvalue weighted by Crippen LogP contribution is 2.36. The summed E-state index contributed by atoms with van der Waals surface area (Å²) in [5, 5.41) is 5.06. The van der Waals surface area contributed by atoms with Crippen molar-refractivity contribution in [3.63, 3.8) is 0 Å². The fraction of sp³-hybridized carbons (Fsp3) is 0.391. The van der Waals surface area contributed by atoms with Crippen LogP contribution in [0, 0.1) is 6.92 Å². The van der Waals surface area contributed by atoms with E-state index in [0.717, 1.165) is 36.3 Å². The topological polar surface area (TPSA) is 95.6 Å². The van der Waals surface area contributed by atoms with Crippen LogP contribution in [-0.4, -0.2) is 42.9 Å². The molecule has 7 nitrogen and oxygen atoms in total. The molecule has 2 aliphatic rings. The first-order valence-electron chi connectivity index (χ1n) is 10.8. The van der Waals surface area contributed by atoms with Gasteiger partial charge < -0.3 is 10.6 Å². The second kappa shape index (κ2) is 9.64. The number of carbonyl (C=O) groups is 2. The highest BCUT2D eigenvalue weighted by atomic mass is 32.2. The molecular weight excluding hydrogens is 446 g/mol. The van der Waals surface area contributed by atoms with E-state index in [1.165, 1.54) is 17.8 Å². The molecule has 1 fully saturated rings. The van der Waals surface area contributed by atoms with Gasteiger partial charge in [0.1, 0.15) is 0 Å². The second-order valence-corrected chi connectivity index (χ2v) is 11.3. The number of amides is 2. The minimum absolute atomic E-state index is 0.00702. The number of hydrogen-bond acceptors (Lipinski definition) is 5. The zero-order chi connectivity index (χ0) is 22.7. The third-order valence-electron chi connectivity index (χ3n) is 5.73. The van der Waals surface area contributed by atoms with Gasteiger partial charge in [0.15, 0.2) is 0 Å². The minimum Gasteiger partial charge on any atom is -0.326 e. The summed E-state index contributed by atoms with van der Waals surface area (Å²) in [6.45, 7) is 2.80. The minimum atomic E-state index is -3.63. The van der Waals surface area contributed by atoms with Crippen LogP contribution >= 0.6 is 11.8 Å². The van der Waals surface area contributed by atoms with Gasteiger partial charge in [-0.2, -0.15) is 4.31 Å². The van der Waals surface area contributed by atoms with Crippen LogP contribution in [0.3, 0.4) is 0 Å². The number of fused-ring (bicyclic) bond motifs is 1. The fourth-order valence-corrected chi connectivity index (χ4v) is 6.86. The molecule has 2 N–H and O–H groups in total. The standard InChI is InChI=1S/C23H27N3O4S2/c1-16-10-11-17(14-21(16)32(29,30)26-12-6-2-3-7-13-26)24-22(27)15-20-23(28)25-18-8-4-5-9-19(18)31-20/h4-5,8-11,14,20H,2-3,6-7,12-13,15H2,1H3,(H,24,27)(H,25,28). The van der Waals surface area contributed by atoms with Crippen molar-refractivity contribution >= 4 is 45.0 Å². The number of nitrogens with zero attached hydrogens (tertiary/aromatic N) is 1. The molecule has 0 spiro atoms. The lowest BCUT2D eigenvalue weighted by Crippen LogP contribution is -2.33. The molecule has 0 saturated carbocycles. The molecule has 4 rings (SSSR count). The zero-order valence-corrected chi connectivity index (χ0v) is 19.6. The molecule has 0 aromatic heterocycles. The number of anilines is 2. The van der Waals surface area contributed by atoms with Crippen molar-refractivity contribution in [1.82, 2.24) is 4.31 Å². The average molecular weight is 474 g/mol. The Balaban J connectivity index is 1.47. The van der Waals surface area contributed by atoms with Crippen LogP contribution in [0.1, 0.15) is 37.7 Å². The van der Waals surface area contributed by atoms with Gasteiger partial charge in [-0.15, -0.1) is 11.8 Å². The summed E-state index contributed by atoms with van der Waals surface area (Å²) < 4.78 is 28.0. The predicted octanol–water partition coefficient (Wildman–Crippen LogP) is 4.00. The quantitative estimate of drug-likeness (QED) is 0.684.